The van der Waals surface area contributed by atoms with Gasteiger partial charge in [0.15, 0.2) is 0 Å². The van der Waals surface area contributed by atoms with Gasteiger partial charge in [-0.1, -0.05) is 25.5 Å². The van der Waals surface area contributed by atoms with Crippen LogP contribution >= 0.6 is 0 Å². The van der Waals surface area contributed by atoms with Crippen molar-refractivity contribution in [3.05, 3.63) is 11.6 Å². The molecule has 14 heavy (non-hydrogen) atoms. The highest BCUT2D eigenvalue weighted by Gasteiger charge is 2.31. The lowest BCUT2D eigenvalue weighted by atomic mass is 9.83. The number of hydrogen-bond donors (Lipinski definition) is 0. The summed E-state index contributed by atoms with van der Waals surface area (Å²) in [7, 11) is 0. The van der Waals surface area contributed by atoms with Crippen LogP contribution in [-0.2, 0) is 9.47 Å². The van der Waals surface area contributed by atoms with Gasteiger partial charge >= 0.3 is 0 Å². The maximum absolute atomic E-state index is 5.75. The minimum absolute atomic E-state index is 0.117. The molecule has 1 heterocycles. The molecule has 1 atom stereocenters. The van der Waals surface area contributed by atoms with Crippen molar-refractivity contribution in [3.8, 4) is 0 Å². The molecule has 0 bridgehead atoms. The molecule has 2 nitrogen and oxygen atoms in total. The van der Waals surface area contributed by atoms with Crippen LogP contribution in [0.5, 0.6) is 0 Å². The summed E-state index contributed by atoms with van der Waals surface area (Å²) in [4.78, 5) is 0. The molecule has 2 heteroatoms. The standard InChI is InChI=1S/C12H22O2/c1-5-13-9-12(3,4)11-8-10(2)6-7-14-11/h6,11H,5,7-9H2,1-4H3. The van der Waals surface area contributed by atoms with E-state index < -0.39 is 0 Å². The molecule has 0 saturated carbocycles. The van der Waals surface area contributed by atoms with Gasteiger partial charge in [-0.05, 0) is 20.3 Å². The molecule has 0 aromatic carbocycles. The third kappa shape index (κ3) is 3.10. The molecule has 82 valence electrons. The molecule has 1 aliphatic heterocycles. The molecule has 1 rings (SSSR count). The van der Waals surface area contributed by atoms with E-state index >= 15 is 0 Å². The molecule has 0 aromatic rings. The van der Waals surface area contributed by atoms with Gasteiger partial charge in [0.1, 0.15) is 0 Å². The first kappa shape index (κ1) is 11.7. The Hall–Kier alpha value is -0.340. The van der Waals surface area contributed by atoms with Crippen LogP contribution in [0.15, 0.2) is 11.6 Å². The van der Waals surface area contributed by atoms with E-state index in [1.807, 2.05) is 6.92 Å². The van der Waals surface area contributed by atoms with Crippen molar-refractivity contribution in [2.45, 2.75) is 40.2 Å². The van der Waals surface area contributed by atoms with E-state index in [1.54, 1.807) is 0 Å². The van der Waals surface area contributed by atoms with Crippen LogP contribution in [0.2, 0.25) is 0 Å². The fraction of sp³-hybridized carbons (Fsp3) is 0.833. The molecule has 0 N–H and O–H groups in total. The smallest absolute Gasteiger partial charge is 0.0689 e. The Kier molecular flexibility index (Phi) is 4.14. The van der Waals surface area contributed by atoms with Crippen LogP contribution in [0.1, 0.15) is 34.1 Å². The van der Waals surface area contributed by atoms with Crippen molar-refractivity contribution in [3.63, 3.8) is 0 Å². The lowest BCUT2D eigenvalue weighted by Gasteiger charge is -2.36. The zero-order valence-electron chi connectivity index (χ0n) is 9.80. The van der Waals surface area contributed by atoms with Crippen LogP contribution in [0.3, 0.4) is 0 Å². The number of rotatable bonds is 4. The van der Waals surface area contributed by atoms with Crippen LogP contribution in [0, 0.1) is 5.41 Å². The minimum Gasteiger partial charge on any atom is -0.381 e. The summed E-state index contributed by atoms with van der Waals surface area (Å²) in [6.45, 7) is 10.9. The highest BCUT2D eigenvalue weighted by atomic mass is 16.5. The van der Waals surface area contributed by atoms with Gasteiger partial charge < -0.3 is 9.47 Å². The lowest BCUT2D eigenvalue weighted by Crippen LogP contribution is -2.38. The maximum atomic E-state index is 5.75. The summed E-state index contributed by atoms with van der Waals surface area (Å²) < 4.78 is 11.2. The second-order valence-electron chi connectivity index (χ2n) is 4.70. The van der Waals surface area contributed by atoms with Gasteiger partial charge in [0.2, 0.25) is 0 Å². The second-order valence-corrected chi connectivity index (χ2v) is 4.70. The van der Waals surface area contributed by atoms with Crippen molar-refractivity contribution < 1.29 is 9.47 Å². The van der Waals surface area contributed by atoms with E-state index in [9.17, 15) is 0 Å². The van der Waals surface area contributed by atoms with E-state index in [0.717, 1.165) is 26.2 Å². The Morgan fingerprint density at radius 3 is 2.86 bits per heavy atom. The third-order valence-corrected chi connectivity index (χ3v) is 2.79. The molecule has 0 radical (unpaired) electrons. The quantitative estimate of drug-likeness (QED) is 0.647. The van der Waals surface area contributed by atoms with Crippen LogP contribution in [-0.4, -0.2) is 25.9 Å². The zero-order chi connectivity index (χ0) is 10.6. The normalized spacial score (nSPS) is 23.4. The summed E-state index contributed by atoms with van der Waals surface area (Å²) in [6, 6.07) is 0. The van der Waals surface area contributed by atoms with E-state index in [0.29, 0.717) is 6.10 Å². The molecule has 0 amide bonds. The Labute approximate surface area is 87.3 Å². The average molecular weight is 198 g/mol. The SMILES string of the molecule is CCOCC(C)(C)C1CC(C)=CCO1. The monoisotopic (exact) mass is 198 g/mol. The first-order valence-corrected chi connectivity index (χ1v) is 5.41. The summed E-state index contributed by atoms with van der Waals surface area (Å²) in [5.74, 6) is 0. The highest BCUT2D eigenvalue weighted by Crippen LogP contribution is 2.30. The predicted octanol–water partition coefficient (Wildman–Crippen LogP) is 2.78. The molecular weight excluding hydrogens is 176 g/mol. The molecular formula is C12H22O2. The summed E-state index contributed by atoms with van der Waals surface area (Å²) in [6.07, 6.45) is 3.51. The maximum Gasteiger partial charge on any atom is 0.0689 e. The van der Waals surface area contributed by atoms with E-state index in [-0.39, 0.29) is 5.41 Å². The third-order valence-electron chi connectivity index (χ3n) is 2.79. The van der Waals surface area contributed by atoms with E-state index in [4.69, 9.17) is 9.47 Å². The van der Waals surface area contributed by atoms with Crippen molar-refractivity contribution in [2.75, 3.05) is 19.8 Å². The molecule has 0 spiro atoms. The van der Waals surface area contributed by atoms with Crippen molar-refractivity contribution >= 4 is 0 Å². The van der Waals surface area contributed by atoms with Gasteiger partial charge in [0.05, 0.1) is 19.3 Å². The van der Waals surface area contributed by atoms with Crippen LogP contribution < -0.4 is 0 Å². The van der Waals surface area contributed by atoms with Gasteiger partial charge in [-0.2, -0.15) is 0 Å². The Bertz CT molecular complexity index is 206. The molecule has 1 unspecified atom stereocenters. The van der Waals surface area contributed by atoms with Crippen LogP contribution in [0.25, 0.3) is 0 Å². The molecule has 0 aromatic heterocycles. The molecule has 0 fully saturated rings. The lowest BCUT2D eigenvalue weighted by molar-refractivity contribution is -0.0595. The Morgan fingerprint density at radius 1 is 1.57 bits per heavy atom. The van der Waals surface area contributed by atoms with Gasteiger partial charge in [-0.15, -0.1) is 0 Å². The number of ether oxygens (including phenoxy) is 2. The van der Waals surface area contributed by atoms with Crippen molar-refractivity contribution in [2.24, 2.45) is 5.41 Å². The first-order chi connectivity index (χ1) is 6.56. The Morgan fingerprint density at radius 2 is 2.29 bits per heavy atom. The summed E-state index contributed by atoms with van der Waals surface area (Å²) >= 11 is 0. The van der Waals surface area contributed by atoms with Gasteiger partial charge in [0, 0.05) is 12.0 Å². The summed E-state index contributed by atoms with van der Waals surface area (Å²) in [5, 5.41) is 0. The van der Waals surface area contributed by atoms with Crippen molar-refractivity contribution in [1.82, 2.24) is 0 Å². The van der Waals surface area contributed by atoms with Gasteiger partial charge in [0.25, 0.3) is 0 Å². The van der Waals surface area contributed by atoms with Crippen LogP contribution in [0.4, 0.5) is 0 Å². The van der Waals surface area contributed by atoms with E-state index in [1.165, 1.54) is 5.57 Å². The molecule has 1 aliphatic rings. The summed E-state index contributed by atoms with van der Waals surface area (Å²) in [5.41, 5.74) is 1.55. The van der Waals surface area contributed by atoms with Gasteiger partial charge in [-0.25, -0.2) is 0 Å². The first-order valence-electron chi connectivity index (χ1n) is 5.41. The topological polar surface area (TPSA) is 18.5 Å². The average Bonchev–Trinajstić information content (AvgIpc) is 2.15. The predicted molar refractivity (Wildman–Crippen MR) is 58.4 cm³/mol. The second kappa shape index (κ2) is 4.94. The van der Waals surface area contributed by atoms with Gasteiger partial charge in [-0.3, -0.25) is 0 Å². The van der Waals surface area contributed by atoms with E-state index in [2.05, 4.69) is 26.8 Å². The fourth-order valence-corrected chi connectivity index (χ4v) is 1.70. The largest absolute Gasteiger partial charge is 0.381 e. The minimum atomic E-state index is 0.117. The molecule has 0 aliphatic carbocycles. The number of hydrogen-bond acceptors (Lipinski definition) is 2. The zero-order valence-corrected chi connectivity index (χ0v) is 9.80. The highest BCUT2D eigenvalue weighted by molar-refractivity contribution is 5.05. The Balaban J connectivity index is 2.50. The fourth-order valence-electron chi connectivity index (χ4n) is 1.70. The van der Waals surface area contributed by atoms with Crippen molar-refractivity contribution in [1.29, 1.82) is 0 Å². The molecule has 0 saturated heterocycles.